The fourth-order valence-electron chi connectivity index (χ4n) is 1.72. The normalized spacial score (nSPS) is 15.9. The number of nitrogens with two attached hydrogens (primary N) is 1. The van der Waals surface area contributed by atoms with Crippen LogP contribution in [0.15, 0.2) is 0 Å². The molecule has 0 aliphatic carbocycles. The van der Waals surface area contributed by atoms with Crippen LogP contribution in [0.3, 0.4) is 0 Å². The van der Waals surface area contributed by atoms with E-state index in [-0.39, 0.29) is 25.7 Å². The summed E-state index contributed by atoms with van der Waals surface area (Å²) in [5.74, 6) is -0.874. The quantitative estimate of drug-likeness (QED) is 0.523. The van der Waals surface area contributed by atoms with Gasteiger partial charge in [-0.25, -0.2) is 9.59 Å². The fourth-order valence-corrected chi connectivity index (χ4v) is 1.72. The summed E-state index contributed by atoms with van der Waals surface area (Å²) in [7, 11) is 0. The van der Waals surface area contributed by atoms with Crippen LogP contribution in [0.4, 0.5) is 9.59 Å². The zero-order valence-electron chi connectivity index (χ0n) is 10.5. The number of carboxylic acids is 1. The van der Waals surface area contributed by atoms with Gasteiger partial charge in [-0.2, -0.15) is 0 Å². The van der Waals surface area contributed by atoms with Gasteiger partial charge in [-0.15, -0.1) is 0 Å². The van der Waals surface area contributed by atoms with E-state index in [4.69, 9.17) is 10.8 Å². The number of ether oxygens (including phenoxy) is 1. The molecule has 1 rings (SSSR count). The van der Waals surface area contributed by atoms with Crippen molar-refractivity contribution >= 4 is 18.1 Å². The molecular weight excluding hydrogens is 256 g/mol. The van der Waals surface area contributed by atoms with Gasteiger partial charge < -0.3 is 25.8 Å². The van der Waals surface area contributed by atoms with E-state index in [1.807, 2.05) is 0 Å². The van der Waals surface area contributed by atoms with E-state index >= 15 is 0 Å². The van der Waals surface area contributed by atoms with Crippen LogP contribution in [-0.4, -0.2) is 78.9 Å². The van der Waals surface area contributed by atoms with Crippen LogP contribution in [0, 0.1) is 0 Å². The molecule has 1 saturated heterocycles. The highest BCUT2D eigenvalue weighted by Crippen LogP contribution is 2.01. The lowest BCUT2D eigenvalue weighted by molar-refractivity contribution is -0.138. The molecule has 1 aliphatic heterocycles. The van der Waals surface area contributed by atoms with E-state index in [1.54, 1.807) is 9.80 Å². The first kappa shape index (κ1) is 15.0. The molecule has 0 spiro atoms. The van der Waals surface area contributed by atoms with E-state index in [1.165, 1.54) is 0 Å². The Balaban J connectivity index is 2.18. The van der Waals surface area contributed by atoms with Crippen molar-refractivity contribution in [3.8, 4) is 0 Å². The maximum absolute atomic E-state index is 11.7. The average molecular weight is 274 g/mol. The van der Waals surface area contributed by atoms with Crippen LogP contribution in [-0.2, 0) is 9.53 Å². The fraction of sp³-hybridized carbons (Fsp3) is 0.700. The minimum atomic E-state index is -0.878. The number of primary amides is 1. The number of carboxylic acid groups (broad SMARTS) is 1. The van der Waals surface area contributed by atoms with E-state index in [2.05, 4.69) is 10.1 Å². The second kappa shape index (κ2) is 7.41. The third-order valence-corrected chi connectivity index (χ3v) is 2.64. The smallest absolute Gasteiger partial charge is 0.404 e. The Kier molecular flexibility index (Phi) is 5.86. The van der Waals surface area contributed by atoms with Gasteiger partial charge in [0.25, 0.3) is 0 Å². The van der Waals surface area contributed by atoms with Crippen LogP contribution in [0.5, 0.6) is 0 Å². The van der Waals surface area contributed by atoms with Gasteiger partial charge in [0.1, 0.15) is 6.61 Å². The first-order valence-corrected chi connectivity index (χ1v) is 5.88. The molecule has 9 nitrogen and oxygen atoms in total. The Bertz CT molecular complexity index is 341. The van der Waals surface area contributed by atoms with Gasteiger partial charge in [0, 0.05) is 26.2 Å². The highest BCUT2D eigenvalue weighted by Gasteiger charge is 2.21. The molecule has 1 aliphatic rings. The molecule has 1 heterocycles. The molecule has 0 bridgehead atoms. The van der Waals surface area contributed by atoms with Gasteiger partial charge in [0.05, 0.1) is 13.1 Å². The molecule has 108 valence electrons. The molecule has 0 atom stereocenters. The number of rotatable bonds is 5. The van der Waals surface area contributed by atoms with Gasteiger partial charge in [0.2, 0.25) is 0 Å². The number of carbonyl (C=O) groups excluding carboxylic acids is 2. The summed E-state index contributed by atoms with van der Waals surface area (Å²) in [6, 6.07) is -0.261. The predicted octanol–water partition coefficient (Wildman–Crippen LogP) is -1.51. The highest BCUT2D eigenvalue weighted by molar-refractivity contribution is 5.74. The topological polar surface area (TPSA) is 125 Å². The zero-order valence-corrected chi connectivity index (χ0v) is 10.5. The second-order valence-electron chi connectivity index (χ2n) is 4.06. The summed E-state index contributed by atoms with van der Waals surface area (Å²) in [5, 5.41) is 11.2. The maximum Gasteiger partial charge on any atom is 0.404 e. The summed E-state index contributed by atoms with van der Waals surface area (Å²) in [4.78, 5) is 35.9. The van der Waals surface area contributed by atoms with Crippen LogP contribution in [0.25, 0.3) is 0 Å². The number of hydrogen-bond donors (Lipinski definition) is 3. The first-order valence-electron chi connectivity index (χ1n) is 5.88. The molecule has 0 unspecified atom stereocenters. The Labute approximate surface area is 110 Å². The lowest BCUT2D eigenvalue weighted by Gasteiger charge is -2.33. The van der Waals surface area contributed by atoms with E-state index in [0.717, 1.165) is 0 Å². The molecule has 3 amide bonds. The minimum Gasteiger partial charge on any atom is -0.480 e. The van der Waals surface area contributed by atoms with E-state index < -0.39 is 12.1 Å². The summed E-state index contributed by atoms with van der Waals surface area (Å²) < 4.78 is 4.47. The number of nitrogens with zero attached hydrogens (tertiary/aromatic N) is 2. The predicted molar refractivity (Wildman–Crippen MR) is 64.6 cm³/mol. The van der Waals surface area contributed by atoms with Crippen molar-refractivity contribution in [3.05, 3.63) is 0 Å². The molecule has 0 aromatic carbocycles. The number of urea groups is 1. The zero-order chi connectivity index (χ0) is 14.3. The number of aliphatic carboxylic acids is 1. The lowest BCUT2D eigenvalue weighted by Crippen LogP contribution is -2.53. The van der Waals surface area contributed by atoms with Gasteiger partial charge >= 0.3 is 18.1 Å². The molecule has 0 radical (unpaired) electrons. The molecule has 19 heavy (non-hydrogen) atoms. The summed E-state index contributed by atoms with van der Waals surface area (Å²) in [5.41, 5.74) is 4.77. The van der Waals surface area contributed by atoms with Crippen molar-refractivity contribution in [2.45, 2.75) is 0 Å². The molecule has 0 aromatic heterocycles. The largest absolute Gasteiger partial charge is 0.480 e. The molecule has 0 aromatic rings. The van der Waals surface area contributed by atoms with Gasteiger partial charge in [-0.1, -0.05) is 0 Å². The van der Waals surface area contributed by atoms with Crippen molar-refractivity contribution in [2.24, 2.45) is 5.73 Å². The number of nitrogens with one attached hydrogen (secondary N) is 1. The van der Waals surface area contributed by atoms with Crippen LogP contribution in [0.1, 0.15) is 0 Å². The second-order valence-corrected chi connectivity index (χ2v) is 4.06. The van der Waals surface area contributed by atoms with Crippen molar-refractivity contribution in [2.75, 3.05) is 45.9 Å². The minimum absolute atomic E-state index is 0.0120. The molecular formula is C10H18N4O5. The van der Waals surface area contributed by atoms with Gasteiger partial charge in [0.15, 0.2) is 0 Å². The molecule has 0 saturated carbocycles. The number of piperazine rings is 1. The van der Waals surface area contributed by atoms with E-state index in [9.17, 15) is 14.4 Å². The first-order chi connectivity index (χ1) is 8.99. The molecule has 4 N–H and O–H groups in total. The summed E-state index contributed by atoms with van der Waals surface area (Å²) in [6.45, 7) is 2.19. The number of carbonyl (C=O) groups is 3. The SMILES string of the molecule is NC(=O)OCCNC(=O)N1CCN(CC(=O)O)CC1. The Morgan fingerprint density at radius 1 is 1.21 bits per heavy atom. The molecule has 1 fully saturated rings. The van der Waals surface area contributed by atoms with Crippen molar-refractivity contribution in [1.29, 1.82) is 0 Å². The molecule has 9 heteroatoms. The highest BCUT2D eigenvalue weighted by atomic mass is 16.5. The van der Waals surface area contributed by atoms with Crippen molar-refractivity contribution in [1.82, 2.24) is 15.1 Å². The number of hydrogen-bond acceptors (Lipinski definition) is 5. The van der Waals surface area contributed by atoms with Crippen LogP contribution in [0.2, 0.25) is 0 Å². The lowest BCUT2D eigenvalue weighted by atomic mass is 10.3. The van der Waals surface area contributed by atoms with Gasteiger partial charge in [-0.05, 0) is 0 Å². The third kappa shape index (κ3) is 5.91. The Hall–Kier alpha value is -2.03. The van der Waals surface area contributed by atoms with Crippen molar-refractivity contribution in [3.63, 3.8) is 0 Å². The maximum atomic E-state index is 11.7. The van der Waals surface area contributed by atoms with Crippen LogP contribution < -0.4 is 11.1 Å². The van der Waals surface area contributed by atoms with Gasteiger partial charge in [-0.3, -0.25) is 9.69 Å². The Morgan fingerprint density at radius 2 is 1.84 bits per heavy atom. The van der Waals surface area contributed by atoms with E-state index in [0.29, 0.717) is 26.2 Å². The number of amides is 3. The standard InChI is InChI=1S/C10H18N4O5/c11-9(17)19-6-1-12-10(18)14-4-2-13(3-5-14)7-8(15)16/h1-7H2,(H2,11,17)(H,12,18)(H,15,16). The summed E-state index contributed by atoms with van der Waals surface area (Å²) >= 11 is 0. The Morgan fingerprint density at radius 3 is 2.37 bits per heavy atom. The third-order valence-electron chi connectivity index (χ3n) is 2.64. The monoisotopic (exact) mass is 274 g/mol. The average Bonchev–Trinajstić information content (AvgIpc) is 2.34. The van der Waals surface area contributed by atoms with Crippen LogP contribution >= 0.6 is 0 Å². The van der Waals surface area contributed by atoms with Crippen molar-refractivity contribution < 1.29 is 24.2 Å². The summed E-state index contributed by atoms with van der Waals surface area (Å²) in [6.07, 6.45) is -0.878.